The summed E-state index contributed by atoms with van der Waals surface area (Å²) in [6, 6.07) is 20.9. The monoisotopic (exact) mass is 383 g/mol. The molecule has 0 saturated heterocycles. The van der Waals surface area contributed by atoms with Crippen LogP contribution < -0.4 is 0 Å². The third kappa shape index (κ3) is 5.24. The van der Waals surface area contributed by atoms with Gasteiger partial charge in [-0.25, -0.2) is 0 Å². The standard InChI is InChI=1S/C22H25NOS2/c1-16(2)20-19(14-13-17-9-5-3-6-10-17)23-22(26-21(20)24)25-15-18-11-7-4-8-12-18/h3-12,16,19-20H,13-15H2,1-2H3/t19-,20+/m0/s1. The van der Waals surface area contributed by atoms with Gasteiger partial charge in [0.2, 0.25) is 5.12 Å². The van der Waals surface area contributed by atoms with E-state index in [-0.39, 0.29) is 17.1 Å². The van der Waals surface area contributed by atoms with Crippen molar-refractivity contribution in [3.63, 3.8) is 0 Å². The maximum absolute atomic E-state index is 12.7. The highest BCUT2D eigenvalue weighted by Gasteiger charge is 2.36. The molecule has 0 N–H and O–H groups in total. The maximum Gasteiger partial charge on any atom is 0.201 e. The number of aryl methyl sites for hydroxylation is 1. The zero-order valence-corrected chi connectivity index (χ0v) is 16.9. The van der Waals surface area contributed by atoms with Gasteiger partial charge in [-0.2, -0.15) is 0 Å². The van der Waals surface area contributed by atoms with E-state index in [9.17, 15) is 4.79 Å². The average Bonchev–Trinajstić information content (AvgIpc) is 2.66. The van der Waals surface area contributed by atoms with Gasteiger partial charge in [-0.1, -0.05) is 86.3 Å². The molecule has 0 amide bonds. The van der Waals surface area contributed by atoms with Gasteiger partial charge in [0.25, 0.3) is 0 Å². The van der Waals surface area contributed by atoms with Crippen molar-refractivity contribution >= 4 is 33.0 Å². The molecule has 0 fully saturated rings. The lowest BCUT2D eigenvalue weighted by Crippen LogP contribution is -2.34. The highest BCUT2D eigenvalue weighted by Crippen LogP contribution is 2.36. The number of benzene rings is 2. The summed E-state index contributed by atoms with van der Waals surface area (Å²) in [4.78, 5) is 17.7. The summed E-state index contributed by atoms with van der Waals surface area (Å²) >= 11 is 3.03. The Morgan fingerprint density at radius 1 is 1.00 bits per heavy atom. The fourth-order valence-corrected chi connectivity index (χ4v) is 5.54. The van der Waals surface area contributed by atoms with Crippen molar-refractivity contribution in [2.75, 3.05) is 0 Å². The molecule has 2 aromatic carbocycles. The van der Waals surface area contributed by atoms with Crippen molar-refractivity contribution in [2.24, 2.45) is 16.8 Å². The van der Waals surface area contributed by atoms with Gasteiger partial charge in [0.1, 0.15) is 4.38 Å². The molecule has 0 unspecified atom stereocenters. The van der Waals surface area contributed by atoms with Crippen LogP contribution >= 0.6 is 23.5 Å². The minimum Gasteiger partial charge on any atom is -0.286 e. The van der Waals surface area contributed by atoms with Crippen molar-refractivity contribution < 1.29 is 4.79 Å². The Hall–Kier alpha value is -1.52. The summed E-state index contributed by atoms with van der Waals surface area (Å²) in [5, 5.41) is 0.281. The highest BCUT2D eigenvalue weighted by molar-refractivity contribution is 8.44. The molecule has 4 heteroatoms. The molecular weight excluding hydrogens is 358 g/mol. The molecule has 0 aromatic heterocycles. The van der Waals surface area contributed by atoms with E-state index in [1.807, 2.05) is 24.3 Å². The molecule has 2 atom stereocenters. The molecule has 0 spiro atoms. The quantitative estimate of drug-likeness (QED) is 0.629. The van der Waals surface area contributed by atoms with Gasteiger partial charge in [-0.15, -0.1) is 0 Å². The van der Waals surface area contributed by atoms with Gasteiger partial charge in [-0.05, 0) is 41.6 Å². The van der Waals surface area contributed by atoms with Crippen LogP contribution in [0, 0.1) is 11.8 Å². The van der Waals surface area contributed by atoms with Gasteiger partial charge in [0, 0.05) is 5.75 Å². The summed E-state index contributed by atoms with van der Waals surface area (Å²) in [6.45, 7) is 4.27. The minimum atomic E-state index is 0.0183. The van der Waals surface area contributed by atoms with E-state index in [0.29, 0.717) is 5.92 Å². The largest absolute Gasteiger partial charge is 0.286 e. The van der Waals surface area contributed by atoms with Crippen LogP contribution in [0.5, 0.6) is 0 Å². The molecule has 1 aliphatic rings. The van der Waals surface area contributed by atoms with Crippen LogP contribution in [-0.2, 0) is 17.0 Å². The lowest BCUT2D eigenvalue weighted by atomic mass is 9.86. The van der Waals surface area contributed by atoms with Gasteiger partial charge >= 0.3 is 0 Å². The third-order valence-electron chi connectivity index (χ3n) is 4.64. The van der Waals surface area contributed by atoms with E-state index in [1.54, 1.807) is 11.8 Å². The predicted molar refractivity (Wildman–Crippen MR) is 115 cm³/mol. The number of hydrogen-bond acceptors (Lipinski definition) is 4. The van der Waals surface area contributed by atoms with Crippen molar-refractivity contribution in [3.8, 4) is 0 Å². The number of carbonyl (C=O) groups excluding carboxylic acids is 1. The summed E-state index contributed by atoms with van der Waals surface area (Å²) in [5.41, 5.74) is 2.58. The molecule has 3 rings (SSSR count). The third-order valence-corrected chi connectivity index (χ3v) is 6.83. The Morgan fingerprint density at radius 3 is 2.23 bits per heavy atom. The van der Waals surface area contributed by atoms with Gasteiger partial charge < -0.3 is 0 Å². The summed E-state index contributed by atoms with van der Waals surface area (Å²) < 4.78 is 0.925. The molecule has 0 aliphatic carbocycles. The van der Waals surface area contributed by atoms with E-state index >= 15 is 0 Å². The van der Waals surface area contributed by atoms with Crippen LogP contribution in [0.2, 0.25) is 0 Å². The zero-order chi connectivity index (χ0) is 18.4. The number of aliphatic imine (C=N–C) groups is 1. The number of nitrogens with zero attached hydrogens (tertiary/aromatic N) is 1. The second kappa shape index (κ2) is 9.43. The number of carbonyl (C=O) groups is 1. The van der Waals surface area contributed by atoms with Crippen LogP contribution in [0.25, 0.3) is 0 Å². The molecule has 26 heavy (non-hydrogen) atoms. The van der Waals surface area contributed by atoms with Crippen LogP contribution in [0.15, 0.2) is 65.7 Å². The lowest BCUT2D eigenvalue weighted by molar-refractivity contribution is -0.116. The number of rotatable bonds is 6. The fourth-order valence-electron chi connectivity index (χ4n) is 3.26. The maximum atomic E-state index is 12.7. The molecule has 0 bridgehead atoms. The van der Waals surface area contributed by atoms with Crippen LogP contribution in [0.1, 0.15) is 31.4 Å². The Balaban J connectivity index is 1.69. The van der Waals surface area contributed by atoms with Crippen molar-refractivity contribution in [1.82, 2.24) is 0 Å². The molecule has 2 aromatic rings. The van der Waals surface area contributed by atoms with Gasteiger partial charge in [-0.3, -0.25) is 9.79 Å². The molecular formula is C22H25NOS2. The lowest BCUT2D eigenvalue weighted by Gasteiger charge is -2.30. The average molecular weight is 384 g/mol. The normalized spacial score (nSPS) is 20.3. The molecule has 136 valence electrons. The van der Waals surface area contributed by atoms with E-state index in [0.717, 1.165) is 23.0 Å². The van der Waals surface area contributed by atoms with Gasteiger partial charge in [0.15, 0.2) is 0 Å². The zero-order valence-electron chi connectivity index (χ0n) is 15.3. The van der Waals surface area contributed by atoms with Crippen LogP contribution in [0.4, 0.5) is 0 Å². The Morgan fingerprint density at radius 2 is 1.62 bits per heavy atom. The van der Waals surface area contributed by atoms with E-state index < -0.39 is 0 Å². The Bertz CT molecular complexity index is 743. The fraction of sp³-hybridized carbons (Fsp3) is 0.364. The molecule has 2 nitrogen and oxygen atoms in total. The highest BCUT2D eigenvalue weighted by atomic mass is 32.2. The summed E-state index contributed by atoms with van der Waals surface area (Å²) in [6.07, 6.45) is 1.89. The molecule has 1 aliphatic heterocycles. The first-order valence-electron chi connectivity index (χ1n) is 9.13. The predicted octanol–water partition coefficient (Wildman–Crippen LogP) is 5.82. The topological polar surface area (TPSA) is 29.4 Å². The molecule has 0 radical (unpaired) electrons. The van der Waals surface area contributed by atoms with Gasteiger partial charge in [0.05, 0.1) is 12.0 Å². The second-order valence-corrected chi connectivity index (χ2v) is 9.17. The number of hydrogen-bond donors (Lipinski definition) is 0. The van der Waals surface area contributed by atoms with Crippen molar-refractivity contribution in [1.29, 1.82) is 0 Å². The number of thioether (sulfide) groups is 2. The van der Waals surface area contributed by atoms with Crippen molar-refractivity contribution in [2.45, 2.75) is 38.5 Å². The van der Waals surface area contributed by atoms with E-state index in [4.69, 9.17) is 4.99 Å². The molecule has 1 heterocycles. The minimum absolute atomic E-state index is 0.0183. The van der Waals surface area contributed by atoms with Crippen LogP contribution in [-0.4, -0.2) is 15.5 Å². The van der Waals surface area contributed by atoms with Crippen molar-refractivity contribution in [3.05, 3.63) is 71.8 Å². The van der Waals surface area contributed by atoms with E-state index in [2.05, 4.69) is 50.2 Å². The first kappa shape index (κ1) is 19.2. The van der Waals surface area contributed by atoms with Crippen LogP contribution in [0.3, 0.4) is 0 Å². The second-order valence-electron chi connectivity index (χ2n) is 6.95. The Kier molecular flexibility index (Phi) is 6.98. The van der Waals surface area contributed by atoms with E-state index in [1.165, 1.54) is 22.9 Å². The SMILES string of the molecule is CC(C)[C@H]1C(=O)SC(SCc2ccccc2)=N[C@H]1CCc1ccccc1. The summed E-state index contributed by atoms with van der Waals surface area (Å²) in [5.74, 6) is 1.20. The first-order chi connectivity index (χ1) is 12.6. The first-order valence-corrected chi connectivity index (χ1v) is 10.9. The smallest absolute Gasteiger partial charge is 0.201 e. The summed E-state index contributed by atoms with van der Waals surface area (Å²) in [7, 11) is 0. The Labute approximate surface area is 164 Å². The molecule has 0 saturated carbocycles.